The largest absolute Gasteiger partial charge is 0.497 e. The van der Waals surface area contributed by atoms with Crippen molar-refractivity contribution in [2.75, 3.05) is 12.4 Å². The van der Waals surface area contributed by atoms with Crippen molar-refractivity contribution < 1.29 is 4.74 Å². The van der Waals surface area contributed by atoms with Gasteiger partial charge in [-0.2, -0.15) is 0 Å². The minimum Gasteiger partial charge on any atom is -0.497 e. The molecule has 0 aromatic heterocycles. The van der Waals surface area contributed by atoms with Crippen LogP contribution in [0.2, 0.25) is 0 Å². The fourth-order valence-corrected chi connectivity index (χ4v) is 4.93. The number of nitrogens with one attached hydrogen (secondary N) is 2. The van der Waals surface area contributed by atoms with Gasteiger partial charge in [0.15, 0.2) is 5.11 Å². The highest BCUT2D eigenvalue weighted by Crippen LogP contribution is 2.37. The molecule has 0 radical (unpaired) electrons. The average Bonchev–Trinajstić information content (AvgIpc) is 2.93. The van der Waals surface area contributed by atoms with Crippen LogP contribution < -0.4 is 15.4 Å². The predicted molar refractivity (Wildman–Crippen MR) is 119 cm³/mol. The Balaban J connectivity index is 1.33. The van der Waals surface area contributed by atoms with Crippen LogP contribution in [0.1, 0.15) is 36.8 Å². The van der Waals surface area contributed by atoms with E-state index in [2.05, 4.69) is 58.9 Å². The molecule has 2 N–H and O–H groups in total. The number of hydrogen-bond donors (Lipinski definition) is 2. The number of fused-ring (bicyclic) bond motifs is 2. The third kappa shape index (κ3) is 4.31. The lowest BCUT2D eigenvalue weighted by Crippen LogP contribution is -2.50. The maximum absolute atomic E-state index is 5.58. The van der Waals surface area contributed by atoms with E-state index in [-0.39, 0.29) is 0 Å². The molecule has 5 heteroatoms. The van der Waals surface area contributed by atoms with Crippen LogP contribution in [0.5, 0.6) is 5.75 Å². The number of aryl methyl sites for hydroxylation is 1. The second-order valence-corrected chi connectivity index (χ2v) is 8.40. The van der Waals surface area contributed by atoms with Crippen LogP contribution >= 0.6 is 12.2 Å². The second kappa shape index (κ2) is 8.50. The first kappa shape index (κ1) is 19.2. The van der Waals surface area contributed by atoms with Gasteiger partial charge < -0.3 is 15.4 Å². The molecule has 0 unspecified atom stereocenters. The zero-order valence-corrected chi connectivity index (χ0v) is 17.5. The molecule has 4 rings (SSSR count). The summed E-state index contributed by atoms with van der Waals surface area (Å²) in [5, 5.41) is 7.67. The molecule has 2 aliphatic rings. The summed E-state index contributed by atoms with van der Waals surface area (Å²) in [6, 6.07) is 18.5. The fraction of sp³-hybridized carbons (Fsp3) is 0.435. The summed E-state index contributed by atoms with van der Waals surface area (Å²) < 4.78 is 5.27. The lowest BCUT2D eigenvalue weighted by molar-refractivity contribution is 0.115. The number of para-hydroxylation sites is 1. The van der Waals surface area contributed by atoms with Crippen molar-refractivity contribution in [1.82, 2.24) is 10.2 Å². The number of thiocarbonyl (C=S) groups is 1. The van der Waals surface area contributed by atoms with Crippen LogP contribution in [0.25, 0.3) is 0 Å². The molecule has 2 bridgehead atoms. The minimum atomic E-state index is 0.452. The molecule has 28 heavy (non-hydrogen) atoms. The van der Waals surface area contributed by atoms with E-state index in [1.165, 1.54) is 24.0 Å². The Morgan fingerprint density at radius 1 is 1.07 bits per heavy atom. The molecule has 2 atom stereocenters. The first-order chi connectivity index (χ1) is 13.6. The van der Waals surface area contributed by atoms with E-state index in [4.69, 9.17) is 17.0 Å². The standard InChI is InChI=1S/C23H29N3OS/c1-16-5-3-4-6-22(16)25-23(28)24-18-13-19-9-10-20(14-18)26(19)15-17-7-11-21(27-2)12-8-17/h3-8,11-12,18-20H,9-10,13-15H2,1-2H3,(H2,24,25,28)/t19-,20-/m0/s1. The molecular weight excluding hydrogens is 366 g/mol. The number of methoxy groups -OCH3 is 1. The van der Waals surface area contributed by atoms with E-state index < -0.39 is 0 Å². The first-order valence-corrected chi connectivity index (χ1v) is 10.5. The fourth-order valence-electron chi connectivity index (χ4n) is 4.65. The van der Waals surface area contributed by atoms with Gasteiger partial charge >= 0.3 is 0 Å². The van der Waals surface area contributed by atoms with Gasteiger partial charge in [0.2, 0.25) is 0 Å². The lowest BCUT2D eigenvalue weighted by Gasteiger charge is -2.39. The summed E-state index contributed by atoms with van der Waals surface area (Å²) in [5.74, 6) is 0.921. The quantitative estimate of drug-likeness (QED) is 0.730. The van der Waals surface area contributed by atoms with Crippen LogP contribution in [0.4, 0.5) is 5.69 Å². The molecule has 0 aliphatic carbocycles. The highest BCUT2D eigenvalue weighted by atomic mass is 32.1. The summed E-state index contributed by atoms with van der Waals surface area (Å²) in [5.41, 5.74) is 3.65. The van der Waals surface area contributed by atoms with Crippen LogP contribution in [-0.4, -0.2) is 35.2 Å². The third-order valence-electron chi connectivity index (χ3n) is 6.14. The molecular formula is C23H29N3OS. The zero-order chi connectivity index (χ0) is 19.5. The van der Waals surface area contributed by atoms with Crippen LogP contribution in [0.15, 0.2) is 48.5 Å². The number of anilines is 1. The Hall–Kier alpha value is -2.11. The summed E-state index contributed by atoms with van der Waals surface area (Å²) in [6.45, 7) is 3.13. The van der Waals surface area contributed by atoms with Gasteiger partial charge in [-0.05, 0) is 74.2 Å². The molecule has 0 saturated carbocycles. The number of piperidine rings is 1. The number of ether oxygens (including phenoxy) is 1. The molecule has 2 saturated heterocycles. The van der Waals surface area contributed by atoms with E-state index in [1.54, 1.807) is 7.11 Å². The van der Waals surface area contributed by atoms with Gasteiger partial charge in [0.25, 0.3) is 0 Å². The van der Waals surface area contributed by atoms with Gasteiger partial charge in [-0.15, -0.1) is 0 Å². The van der Waals surface area contributed by atoms with E-state index >= 15 is 0 Å². The maximum atomic E-state index is 5.58. The predicted octanol–water partition coefficient (Wildman–Crippen LogP) is 4.49. The van der Waals surface area contributed by atoms with Crippen molar-refractivity contribution >= 4 is 23.0 Å². The molecule has 2 heterocycles. The highest BCUT2D eigenvalue weighted by molar-refractivity contribution is 7.80. The smallest absolute Gasteiger partial charge is 0.171 e. The first-order valence-electron chi connectivity index (χ1n) is 10.1. The van der Waals surface area contributed by atoms with E-state index in [0.29, 0.717) is 18.1 Å². The van der Waals surface area contributed by atoms with Crippen LogP contribution in [0.3, 0.4) is 0 Å². The minimum absolute atomic E-state index is 0.452. The van der Waals surface area contributed by atoms with E-state index in [9.17, 15) is 0 Å². The Morgan fingerprint density at radius 3 is 2.39 bits per heavy atom. The molecule has 4 nitrogen and oxygen atoms in total. The number of benzene rings is 2. The number of hydrogen-bond acceptors (Lipinski definition) is 3. The van der Waals surface area contributed by atoms with Gasteiger partial charge in [-0.3, -0.25) is 4.90 Å². The van der Waals surface area contributed by atoms with Crippen LogP contribution in [-0.2, 0) is 6.54 Å². The molecule has 2 aromatic rings. The van der Waals surface area contributed by atoms with Crippen LogP contribution in [0, 0.1) is 6.92 Å². The number of nitrogens with zero attached hydrogens (tertiary/aromatic N) is 1. The monoisotopic (exact) mass is 395 g/mol. The Labute approximate surface area is 173 Å². The molecule has 2 fully saturated rings. The van der Waals surface area contributed by atoms with Gasteiger partial charge in [0, 0.05) is 30.4 Å². The summed E-state index contributed by atoms with van der Waals surface area (Å²) in [6.07, 6.45) is 4.89. The summed E-state index contributed by atoms with van der Waals surface area (Å²) >= 11 is 5.58. The van der Waals surface area contributed by atoms with Crippen molar-refractivity contribution in [1.29, 1.82) is 0 Å². The molecule has 148 valence electrons. The van der Waals surface area contributed by atoms with Gasteiger partial charge in [0.05, 0.1) is 7.11 Å². The Kier molecular flexibility index (Phi) is 5.83. The van der Waals surface area contributed by atoms with E-state index in [0.717, 1.165) is 35.9 Å². The summed E-state index contributed by atoms with van der Waals surface area (Å²) in [4.78, 5) is 2.69. The highest BCUT2D eigenvalue weighted by Gasteiger charge is 2.40. The zero-order valence-electron chi connectivity index (χ0n) is 16.7. The normalized spacial score (nSPS) is 24.0. The third-order valence-corrected chi connectivity index (χ3v) is 6.36. The average molecular weight is 396 g/mol. The Bertz CT molecular complexity index is 809. The Morgan fingerprint density at radius 2 is 1.75 bits per heavy atom. The lowest BCUT2D eigenvalue weighted by atomic mass is 9.96. The van der Waals surface area contributed by atoms with Crippen molar-refractivity contribution in [2.45, 2.75) is 57.3 Å². The van der Waals surface area contributed by atoms with Crippen molar-refractivity contribution in [3.8, 4) is 5.75 Å². The molecule has 2 aliphatic heterocycles. The van der Waals surface area contributed by atoms with Gasteiger partial charge in [-0.1, -0.05) is 30.3 Å². The van der Waals surface area contributed by atoms with Crippen molar-refractivity contribution in [3.05, 3.63) is 59.7 Å². The molecule has 2 aromatic carbocycles. The second-order valence-electron chi connectivity index (χ2n) is 7.99. The van der Waals surface area contributed by atoms with Crippen molar-refractivity contribution in [3.63, 3.8) is 0 Å². The molecule has 0 amide bonds. The molecule has 0 spiro atoms. The maximum Gasteiger partial charge on any atom is 0.171 e. The SMILES string of the molecule is COc1ccc(CN2[C@H]3CC[C@H]2CC(NC(=S)Nc2ccccc2C)C3)cc1. The van der Waals surface area contributed by atoms with E-state index in [1.807, 2.05) is 12.1 Å². The number of rotatable bonds is 5. The topological polar surface area (TPSA) is 36.5 Å². The van der Waals surface area contributed by atoms with Crippen molar-refractivity contribution in [2.24, 2.45) is 0 Å². The van der Waals surface area contributed by atoms with Gasteiger partial charge in [-0.25, -0.2) is 0 Å². The summed E-state index contributed by atoms with van der Waals surface area (Å²) in [7, 11) is 1.71. The van der Waals surface area contributed by atoms with Gasteiger partial charge in [0.1, 0.15) is 5.75 Å².